The Kier molecular flexibility index (Phi) is 5.90. The SMILES string of the molecule is CS(=O)(=O)NCC1CN(c2cc(-c3cnc4ccc(C(F)F)nn34)cc[n+]2[O-])CCC1(F)F. The van der Waals surface area contributed by atoms with Gasteiger partial charge in [0.15, 0.2) is 5.65 Å². The first-order chi connectivity index (χ1) is 15.4. The highest BCUT2D eigenvalue weighted by Crippen LogP contribution is 2.35. The van der Waals surface area contributed by atoms with Gasteiger partial charge in [0.2, 0.25) is 10.0 Å². The molecule has 0 aliphatic carbocycles. The number of alkyl halides is 4. The number of halogens is 4. The second-order valence-corrected chi connectivity index (χ2v) is 9.68. The van der Waals surface area contributed by atoms with Crippen molar-refractivity contribution in [2.24, 2.45) is 5.92 Å². The molecule has 4 rings (SSSR count). The monoisotopic (exact) mass is 488 g/mol. The summed E-state index contributed by atoms with van der Waals surface area (Å²) in [4.78, 5) is 5.58. The predicted molar refractivity (Wildman–Crippen MR) is 110 cm³/mol. The van der Waals surface area contributed by atoms with Crippen molar-refractivity contribution < 1.29 is 30.7 Å². The molecule has 0 aromatic carbocycles. The number of nitrogens with one attached hydrogen (secondary N) is 1. The van der Waals surface area contributed by atoms with E-state index < -0.39 is 46.9 Å². The normalized spacial score (nSPS) is 18.8. The number of sulfonamides is 1. The molecule has 3 aromatic rings. The van der Waals surface area contributed by atoms with Crippen molar-refractivity contribution in [2.45, 2.75) is 18.8 Å². The summed E-state index contributed by atoms with van der Waals surface area (Å²) in [5.74, 6) is -4.40. The summed E-state index contributed by atoms with van der Waals surface area (Å²) in [6, 6.07) is 5.44. The van der Waals surface area contributed by atoms with E-state index in [2.05, 4.69) is 14.8 Å². The van der Waals surface area contributed by atoms with Gasteiger partial charge in [-0.3, -0.25) is 4.90 Å². The molecule has 0 amide bonds. The quantitative estimate of drug-likeness (QED) is 0.323. The first-order valence-corrected chi connectivity index (χ1v) is 11.8. The van der Waals surface area contributed by atoms with Crippen LogP contribution in [0.5, 0.6) is 0 Å². The van der Waals surface area contributed by atoms with E-state index in [0.29, 0.717) is 21.6 Å². The van der Waals surface area contributed by atoms with Crippen LogP contribution in [-0.4, -0.2) is 54.8 Å². The van der Waals surface area contributed by atoms with E-state index in [0.717, 1.165) is 12.3 Å². The molecule has 0 bridgehead atoms. The van der Waals surface area contributed by atoms with Gasteiger partial charge in [-0.1, -0.05) is 0 Å². The fraction of sp³-hybridized carbons (Fsp3) is 0.421. The summed E-state index contributed by atoms with van der Waals surface area (Å²) in [5.41, 5.74) is 0.634. The summed E-state index contributed by atoms with van der Waals surface area (Å²) in [7, 11) is -3.67. The van der Waals surface area contributed by atoms with E-state index in [-0.39, 0.29) is 18.9 Å². The fourth-order valence-corrected chi connectivity index (χ4v) is 4.22. The highest BCUT2D eigenvalue weighted by Gasteiger charge is 2.47. The van der Waals surface area contributed by atoms with Crippen LogP contribution >= 0.6 is 0 Å². The van der Waals surface area contributed by atoms with Gasteiger partial charge >= 0.3 is 0 Å². The molecule has 3 aromatic heterocycles. The Morgan fingerprint density at radius 1 is 1.33 bits per heavy atom. The maximum Gasteiger partial charge on any atom is 0.282 e. The van der Waals surface area contributed by atoms with Crippen LogP contribution in [0.2, 0.25) is 0 Å². The van der Waals surface area contributed by atoms with Crippen molar-refractivity contribution in [2.75, 3.05) is 30.8 Å². The first-order valence-electron chi connectivity index (χ1n) is 9.88. The smallest absolute Gasteiger partial charge is 0.282 e. The lowest BCUT2D eigenvalue weighted by atomic mass is 9.93. The number of pyridine rings is 1. The predicted octanol–water partition coefficient (Wildman–Crippen LogP) is 1.98. The van der Waals surface area contributed by atoms with Crippen molar-refractivity contribution in [1.29, 1.82) is 0 Å². The van der Waals surface area contributed by atoms with E-state index in [9.17, 15) is 31.2 Å². The van der Waals surface area contributed by atoms with Gasteiger partial charge in [-0.2, -0.15) is 5.10 Å². The molecule has 1 unspecified atom stereocenters. The lowest BCUT2D eigenvalue weighted by molar-refractivity contribution is -0.592. The minimum absolute atomic E-state index is 0.0623. The lowest BCUT2D eigenvalue weighted by Crippen LogP contribution is -2.53. The van der Waals surface area contributed by atoms with E-state index in [4.69, 9.17) is 0 Å². The number of hydrogen-bond donors (Lipinski definition) is 1. The molecule has 0 saturated carbocycles. The number of imidazole rings is 1. The van der Waals surface area contributed by atoms with E-state index in [1.165, 1.54) is 40.0 Å². The molecular weight excluding hydrogens is 468 g/mol. The van der Waals surface area contributed by atoms with Crippen LogP contribution in [0.3, 0.4) is 0 Å². The summed E-state index contributed by atoms with van der Waals surface area (Å²) < 4.78 is 81.5. The van der Waals surface area contributed by atoms with Crippen molar-refractivity contribution in [3.05, 3.63) is 47.6 Å². The van der Waals surface area contributed by atoms with Gasteiger partial charge in [-0.05, 0) is 18.2 Å². The van der Waals surface area contributed by atoms with Crippen molar-refractivity contribution in [1.82, 2.24) is 19.3 Å². The Morgan fingerprint density at radius 2 is 2.09 bits per heavy atom. The number of anilines is 1. The highest BCUT2D eigenvalue weighted by atomic mass is 32.2. The number of nitrogens with zero attached hydrogens (tertiary/aromatic N) is 5. The first kappa shape index (κ1) is 23.2. The van der Waals surface area contributed by atoms with Crippen molar-refractivity contribution >= 4 is 21.5 Å². The zero-order chi connectivity index (χ0) is 24.0. The Bertz CT molecular complexity index is 1280. The van der Waals surface area contributed by atoms with Crippen molar-refractivity contribution in [3.63, 3.8) is 0 Å². The zero-order valence-corrected chi connectivity index (χ0v) is 18.1. The molecule has 1 fully saturated rings. The van der Waals surface area contributed by atoms with Crippen molar-refractivity contribution in [3.8, 4) is 11.3 Å². The number of piperidine rings is 1. The van der Waals surface area contributed by atoms with Crippen LogP contribution in [0.4, 0.5) is 23.4 Å². The molecule has 1 saturated heterocycles. The van der Waals surface area contributed by atoms with Crippen LogP contribution in [-0.2, 0) is 10.0 Å². The average molecular weight is 488 g/mol. The van der Waals surface area contributed by atoms with Crippen LogP contribution in [0, 0.1) is 11.1 Å². The third kappa shape index (κ3) is 4.85. The lowest BCUT2D eigenvalue weighted by Gasteiger charge is -2.35. The summed E-state index contributed by atoms with van der Waals surface area (Å²) in [6.45, 7) is -0.869. The van der Waals surface area contributed by atoms with E-state index in [1.54, 1.807) is 0 Å². The van der Waals surface area contributed by atoms with Gasteiger partial charge in [-0.25, -0.2) is 44.9 Å². The van der Waals surface area contributed by atoms with Gasteiger partial charge in [-0.15, -0.1) is 0 Å². The average Bonchev–Trinajstić information content (AvgIpc) is 3.16. The van der Waals surface area contributed by atoms with Gasteiger partial charge in [0.05, 0.1) is 43.4 Å². The largest absolute Gasteiger partial charge is 0.711 e. The molecular formula is C19H20F4N6O3S. The van der Waals surface area contributed by atoms with Crippen LogP contribution in [0.25, 0.3) is 16.9 Å². The number of aromatic nitrogens is 4. The Morgan fingerprint density at radius 3 is 2.79 bits per heavy atom. The molecule has 4 heterocycles. The van der Waals surface area contributed by atoms with E-state index in [1.807, 2.05) is 0 Å². The highest BCUT2D eigenvalue weighted by molar-refractivity contribution is 7.88. The maximum atomic E-state index is 14.4. The summed E-state index contributed by atoms with van der Waals surface area (Å²) in [5, 5.41) is 16.4. The third-order valence-electron chi connectivity index (χ3n) is 5.47. The molecule has 178 valence electrons. The zero-order valence-electron chi connectivity index (χ0n) is 17.3. The molecule has 14 heteroatoms. The molecule has 0 radical (unpaired) electrons. The minimum Gasteiger partial charge on any atom is -0.711 e. The topological polar surface area (TPSA) is 107 Å². The van der Waals surface area contributed by atoms with Gasteiger partial charge in [0, 0.05) is 24.6 Å². The summed E-state index contributed by atoms with van der Waals surface area (Å²) >= 11 is 0. The molecule has 1 aliphatic heterocycles. The van der Waals surface area contributed by atoms with Crippen LogP contribution in [0.1, 0.15) is 18.5 Å². The molecule has 9 nitrogen and oxygen atoms in total. The Hall–Kier alpha value is -3.00. The second-order valence-electron chi connectivity index (χ2n) is 7.85. The second kappa shape index (κ2) is 8.41. The summed E-state index contributed by atoms with van der Waals surface area (Å²) in [6.07, 6.45) is 0.117. The van der Waals surface area contributed by atoms with Gasteiger partial charge < -0.3 is 5.21 Å². The van der Waals surface area contributed by atoms with E-state index >= 15 is 0 Å². The molecule has 1 N–H and O–H groups in total. The molecule has 0 spiro atoms. The standard InChI is InChI=1S/C19H20F4N6O3S/c1-33(31,32)25-9-13-11-27(7-5-19(13,22)23)17-8-12(4-6-28(17)30)15-10-24-16-3-2-14(18(20)21)26-29(15)16/h2-4,6,8,10,13,18,25H,5,7,9,11H2,1H3. The number of hydrogen-bond acceptors (Lipinski definition) is 6. The Labute approximate surface area is 186 Å². The molecule has 1 atom stereocenters. The number of rotatable bonds is 6. The fourth-order valence-electron chi connectivity index (χ4n) is 3.72. The minimum atomic E-state index is -3.67. The Balaban J connectivity index is 1.67. The van der Waals surface area contributed by atoms with Crippen LogP contribution in [0.15, 0.2) is 36.7 Å². The molecule has 1 aliphatic rings. The van der Waals surface area contributed by atoms with Gasteiger partial charge in [0.1, 0.15) is 5.69 Å². The van der Waals surface area contributed by atoms with Gasteiger partial charge in [0.25, 0.3) is 18.2 Å². The maximum absolute atomic E-state index is 14.4. The molecule has 33 heavy (non-hydrogen) atoms. The van der Waals surface area contributed by atoms with Crippen LogP contribution < -0.4 is 14.4 Å². The number of fused-ring (bicyclic) bond motifs is 1. The third-order valence-corrected chi connectivity index (χ3v) is 6.16.